The standard InChI is InChI=1S/C22H23N9/c1-30-11-15(10-27-30)14-2-3-17-16(8-14)22(29-28-17)19-9-21(26-13-25-19)31-7-4-18-20(12-31)24-6-5-23-18/h2-3,6,8-9,11,13,23,27H,4-5,7,10,12H2,1H3,(H,28,29). The largest absolute Gasteiger partial charge is 0.382 e. The molecule has 9 heteroatoms. The lowest BCUT2D eigenvalue weighted by atomic mass is 10.0. The van der Waals surface area contributed by atoms with Gasteiger partial charge in [-0.15, -0.1) is 0 Å². The Morgan fingerprint density at radius 3 is 3.00 bits per heavy atom. The molecule has 9 nitrogen and oxygen atoms in total. The number of nitrogens with zero attached hydrogens (tertiary/aromatic N) is 6. The van der Waals surface area contributed by atoms with Crippen LogP contribution in [0.4, 0.5) is 5.82 Å². The van der Waals surface area contributed by atoms with E-state index in [1.165, 1.54) is 16.8 Å². The Labute approximate surface area is 179 Å². The number of aliphatic imine (C=N–C) groups is 1. The van der Waals surface area contributed by atoms with Gasteiger partial charge in [-0.05, 0) is 23.3 Å². The van der Waals surface area contributed by atoms with E-state index in [0.29, 0.717) is 0 Å². The molecular formula is C22H23N9. The summed E-state index contributed by atoms with van der Waals surface area (Å²) in [6.07, 6.45) is 6.61. The monoisotopic (exact) mass is 413 g/mol. The summed E-state index contributed by atoms with van der Waals surface area (Å²) in [5.74, 6) is 0.897. The molecule has 0 atom stereocenters. The minimum Gasteiger partial charge on any atom is -0.382 e. The van der Waals surface area contributed by atoms with Gasteiger partial charge < -0.3 is 15.2 Å². The van der Waals surface area contributed by atoms with Crippen molar-refractivity contribution in [2.45, 2.75) is 6.42 Å². The van der Waals surface area contributed by atoms with Crippen molar-refractivity contribution in [1.29, 1.82) is 0 Å². The van der Waals surface area contributed by atoms with Gasteiger partial charge in [-0.2, -0.15) is 5.10 Å². The van der Waals surface area contributed by atoms with E-state index in [0.717, 1.165) is 66.4 Å². The third-order valence-corrected chi connectivity index (χ3v) is 6.00. The predicted molar refractivity (Wildman–Crippen MR) is 121 cm³/mol. The smallest absolute Gasteiger partial charge is 0.132 e. The number of H-pyrrole nitrogens is 1. The molecule has 3 aromatic rings. The van der Waals surface area contributed by atoms with Crippen LogP contribution in [0.3, 0.4) is 0 Å². The van der Waals surface area contributed by atoms with E-state index in [-0.39, 0.29) is 0 Å². The summed E-state index contributed by atoms with van der Waals surface area (Å²) in [4.78, 5) is 15.9. The van der Waals surface area contributed by atoms with Crippen LogP contribution in [0.5, 0.6) is 0 Å². The van der Waals surface area contributed by atoms with Crippen LogP contribution in [0, 0.1) is 0 Å². The molecule has 0 aliphatic carbocycles. The first-order valence-electron chi connectivity index (χ1n) is 10.5. The summed E-state index contributed by atoms with van der Waals surface area (Å²) >= 11 is 0. The van der Waals surface area contributed by atoms with Crippen molar-refractivity contribution in [3.05, 3.63) is 53.8 Å². The van der Waals surface area contributed by atoms with Gasteiger partial charge in [-0.25, -0.2) is 15.4 Å². The molecule has 2 aromatic heterocycles. The number of fused-ring (bicyclic) bond motifs is 1. The number of nitrogens with one attached hydrogen (secondary N) is 3. The third-order valence-electron chi connectivity index (χ3n) is 6.00. The van der Waals surface area contributed by atoms with Crippen LogP contribution in [0.15, 0.2) is 53.2 Å². The Bertz CT molecular complexity index is 1250. The van der Waals surface area contributed by atoms with E-state index in [1.807, 2.05) is 24.3 Å². The zero-order valence-electron chi connectivity index (χ0n) is 17.3. The fraction of sp³-hybridized carbons (Fsp3) is 0.273. The maximum Gasteiger partial charge on any atom is 0.132 e. The average molecular weight is 413 g/mol. The third kappa shape index (κ3) is 3.23. The molecule has 0 saturated carbocycles. The second-order valence-corrected chi connectivity index (χ2v) is 7.98. The van der Waals surface area contributed by atoms with E-state index in [4.69, 9.17) is 0 Å². The molecule has 0 unspecified atom stereocenters. The van der Waals surface area contributed by atoms with E-state index in [1.54, 1.807) is 6.33 Å². The van der Waals surface area contributed by atoms with Crippen LogP contribution in [0.1, 0.15) is 12.0 Å². The molecule has 0 fully saturated rings. The van der Waals surface area contributed by atoms with Gasteiger partial charge in [0, 0.05) is 56.1 Å². The van der Waals surface area contributed by atoms with E-state index >= 15 is 0 Å². The van der Waals surface area contributed by atoms with Gasteiger partial charge in [0.2, 0.25) is 0 Å². The van der Waals surface area contributed by atoms with Gasteiger partial charge in [-0.1, -0.05) is 6.07 Å². The van der Waals surface area contributed by atoms with Crippen molar-refractivity contribution >= 4 is 28.5 Å². The Balaban J connectivity index is 1.34. The second kappa shape index (κ2) is 7.21. The van der Waals surface area contributed by atoms with Crippen LogP contribution in [0.25, 0.3) is 27.9 Å². The zero-order chi connectivity index (χ0) is 20.8. The highest BCUT2D eigenvalue weighted by Crippen LogP contribution is 2.31. The van der Waals surface area contributed by atoms with Crippen LogP contribution in [0.2, 0.25) is 0 Å². The quantitative estimate of drug-likeness (QED) is 0.603. The number of anilines is 1. The van der Waals surface area contributed by atoms with Gasteiger partial charge in [0.15, 0.2) is 0 Å². The second-order valence-electron chi connectivity index (χ2n) is 7.98. The highest BCUT2D eigenvalue weighted by Gasteiger charge is 2.22. The molecule has 0 radical (unpaired) electrons. The van der Waals surface area contributed by atoms with Crippen LogP contribution in [-0.4, -0.2) is 64.6 Å². The molecule has 1 aromatic carbocycles. The Kier molecular flexibility index (Phi) is 4.20. The summed E-state index contributed by atoms with van der Waals surface area (Å²) < 4.78 is 0. The number of hydrogen-bond donors (Lipinski definition) is 3. The van der Waals surface area contributed by atoms with Gasteiger partial charge >= 0.3 is 0 Å². The molecule has 3 aliphatic rings. The zero-order valence-corrected chi connectivity index (χ0v) is 17.3. The molecule has 0 amide bonds. The number of aromatic amines is 1. The highest BCUT2D eigenvalue weighted by molar-refractivity contribution is 5.94. The Hall–Kier alpha value is -3.72. The molecule has 6 rings (SSSR count). The molecule has 31 heavy (non-hydrogen) atoms. The normalized spacial score (nSPS) is 18.4. The van der Waals surface area contributed by atoms with Crippen LogP contribution in [-0.2, 0) is 0 Å². The molecule has 0 saturated heterocycles. The lowest BCUT2D eigenvalue weighted by molar-refractivity contribution is 0.374. The van der Waals surface area contributed by atoms with Crippen molar-refractivity contribution in [3.8, 4) is 11.4 Å². The van der Waals surface area contributed by atoms with Gasteiger partial charge in [0.25, 0.3) is 0 Å². The topological polar surface area (TPSA) is 97.4 Å². The number of benzene rings is 1. The lowest BCUT2D eigenvalue weighted by Gasteiger charge is -2.31. The molecule has 0 spiro atoms. The van der Waals surface area contributed by atoms with Crippen LogP contribution < -0.4 is 15.6 Å². The Morgan fingerprint density at radius 2 is 2.10 bits per heavy atom. The predicted octanol–water partition coefficient (Wildman–Crippen LogP) is 1.91. The summed E-state index contributed by atoms with van der Waals surface area (Å²) in [5.41, 5.74) is 10.7. The van der Waals surface area contributed by atoms with Gasteiger partial charge in [-0.3, -0.25) is 10.1 Å². The molecule has 5 heterocycles. The summed E-state index contributed by atoms with van der Waals surface area (Å²) in [7, 11) is 2.01. The van der Waals surface area contributed by atoms with E-state index in [2.05, 4.69) is 65.2 Å². The first-order valence-corrected chi connectivity index (χ1v) is 10.5. The molecular weight excluding hydrogens is 390 g/mol. The molecule has 3 N–H and O–H groups in total. The van der Waals surface area contributed by atoms with E-state index < -0.39 is 0 Å². The highest BCUT2D eigenvalue weighted by atomic mass is 15.5. The summed E-state index contributed by atoms with van der Waals surface area (Å²) in [6, 6.07) is 8.41. The fourth-order valence-corrected chi connectivity index (χ4v) is 4.35. The fourth-order valence-electron chi connectivity index (χ4n) is 4.35. The number of hydrazine groups is 1. The SMILES string of the molecule is CN1C=C(c2ccc3[nH]nc(-c4cc(N5CCC6=C(C5)N=CCN6)ncn4)c3c2)CN1. The number of aromatic nitrogens is 4. The van der Waals surface area contributed by atoms with Crippen LogP contribution >= 0.6 is 0 Å². The van der Waals surface area contributed by atoms with Crippen molar-refractivity contribution in [2.75, 3.05) is 38.1 Å². The first-order chi connectivity index (χ1) is 15.2. The van der Waals surface area contributed by atoms with Crippen molar-refractivity contribution < 1.29 is 0 Å². The molecule has 3 aliphatic heterocycles. The maximum absolute atomic E-state index is 4.58. The minimum atomic E-state index is 0.745. The number of hydrogen-bond acceptors (Lipinski definition) is 8. The number of rotatable bonds is 3. The Morgan fingerprint density at radius 1 is 1.13 bits per heavy atom. The summed E-state index contributed by atoms with van der Waals surface area (Å²) in [5, 5.41) is 14.2. The maximum atomic E-state index is 4.58. The molecule has 0 bridgehead atoms. The lowest BCUT2D eigenvalue weighted by Crippen LogP contribution is -2.37. The minimum absolute atomic E-state index is 0.745. The summed E-state index contributed by atoms with van der Waals surface area (Å²) in [6.45, 7) is 3.28. The average Bonchev–Trinajstić information content (AvgIpc) is 3.44. The van der Waals surface area contributed by atoms with Crippen molar-refractivity contribution in [3.63, 3.8) is 0 Å². The van der Waals surface area contributed by atoms with E-state index in [9.17, 15) is 0 Å². The molecule has 156 valence electrons. The van der Waals surface area contributed by atoms with Crippen molar-refractivity contribution in [1.82, 2.24) is 35.9 Å². The van der Waals surface area contributed by atoms with Gasteiger partial charge in [0.1, 0.15) is 17.8 Å². The van der Waals surface area contributed by atoms with Gasteiger partial charge in [0.05, 0.1) is 30.0 Å². The van der Waals surface area contributed by atoms with Crippen molar-refractivity contribution in [2.24, 2.45) is 4.99 Å². The first kappa shape index (κ1) is 18.1.